The summed E-state index contributed by atoms with van der Waals surface area (Å²) in [6, 6.07) is 10.1. The van der Waals surface area contributed by atoms with Crippen LogP contribution in [-0.4, -0.2) is 40.1 Å². The molecule has 5 nitrogen and oxygen atoms in total. The van der Waals surface area contributed by atoms with Crippen LogP contribution in [0.25, 0.3) is 11.0 Å². The molecular weight excluding hydrogens is 422 g/mol. The summed E-state index contributed by atoms with van der Waals surface area (Å²) in [6.45, 7) is 5.50. The van der Waals surface area contributed by atoms with Gasteiger partial charge in [0.15, 0.2) is 0 Å². The van der Waals surface area contributed by atoms with Gasteiger partial charge in [-0.05, 0) is 68.2 Å². The molecule has 0 unspecified atom stereocenters. The quantitative estimate of drug-likeness (QED) is 0.625. The van der Waals surface area contributed by atoms with Crippen LogP contribution in [0.4, 0.5) is 8.78 Å². The molecule has 1 fully saturated rings. The molecule has 0 bridgehead atoms. The van der Waals surface area contributed by atoms with Crippen LogP contribution in [0.2, 0.25) is 0 Å². The van der Waals surface area contributed by atoms with Crippen molar-refractivity contribution in [3.63, 3.8) is 0 Å². The van der Waals surface area contributed by atoms with Gasteiger partial charge < -0.3 is 14.8 Å². The molecule has 1 N–H and O–H groups in total. The number of nitrogens with one attached hydrogen (secondary N) is 1. The van der Waals surface area contributed by atoms with Gasteiger partial charge in [-0.3, -0.25) is 4.79 Å². The molecule has 0 saturated carbocycles. The van der Waals surface area contributed by atoms with E-state index in [4.69, 9.17) is 0 Å². The van der Waals surface area contributed by atoms with Crippen molar-refractivity contribution in [3.8, 4) is 0 Å². The van der Waals surface area contributed by atoms with Gasteiger partial charge in [-0.15, -0.1) is 12.4 Å². The number of halogens is 3. The lowest BCUT2D eigenvalue weighted by Crippen LogP contribution is -2.43. The second-order valence-corrected chi connectivity index (χ2v) is 7.96. The van der Waals surface area contributed by atoms with Gasteiger partial charge in [-0.1, -0.05) is 12.1 Å². The van der Waals surface area contributed by atoms with Gasteiger partial charge in [0, 0.05) is 25.7 Å². The van der Waals surface area contributed by atoms with Crippen molar-refractivity contribution < 1.29 is 8.78 Å². The fourth-order valence-corrected chi connectivity index (χ4v) is 3.98. The SMILES string of the molecule is Cc1ccc(CNC2CCN(CCn3c(=O)cnc4ccc(F)cc43)CC2)cc1F.Cl. The fraction of sp³-hybridized carbons (Fsp3) is 0.391. The average molecular weight is 449 g/mol. The fourth-order valence-electron chi connectivity index (χ4n) is 3.98. The highest BCUT2D eigenvalue weighted by molar-refractivity contribution is 5.85. The van der Waals surface area contributed by atoms with E-state index in [-0.39, 0.29) is 29.6 Å². The minimum Gasteiger partial charge on any atom is -0.310 e. The van der Waals surface area contributed by atoms with Crippen molar-refractivity contribution in [1.29, 1.82) is 0 Å². The van der Waals surface area contributed by atoms with E-state index in [1.165, 1.54) is 18.3 Å². The van der Waals surface area contributed by atoms with Gasteiger partial charge in [0.25, 0.3) is 5.56 Å². The zero-order valence-corrected chi connectivity index (χ0v) is 18.3. The van der Waals surface area contributed by atoms with Crippen LogP contribution < -0.4 is 10.9 Å². The minimum atomic E-state index is -0.371. The van der Waals surface area contributed by atoms with Crippen LogP contribution >= 0.6 is 12.4 Å². The summed E-state index contributed by atoms with van der Waals surface area (Å²) >= 11 is 0. The predicted octanol–water partition coefficient (Wildman–Crippen LogP) is 3.66. The standard InChI is InChI=1S/C23H26F2N4O.ClH/c1-16-2-3-17(12-20(16)25)14-26-19-6-8-28(9-7-19)10-11-29-22-13-18(24)4-5-21(22)27-15-23(29)30;/h2-5,12-13,15,19,26H,6-11,14H2,1H3;1H. The molecule has 0 atom stereocenters. The Balaban J connectivity index is 0.00000272. The molecule has 1 aliphatic rings. The van der Waals surface area contributed by atoms with E-state index in [0.717, 1.165) is 38.0 Å². The zero-order valence-electron chi connectivity index (χ0n) is 17.5. The summed E-state index contributed by atoms with van der Waals surface area (Å²) in [5.74, 6) is -0.535. The number of hydrogen-bond donors (Lipinski definition) is 1. The molecule has 1 aromatic heterocycles. The summed E-state index contributed by atoms with van der Waals surface area (Å²) in [4.78, 5) is 18.7. The van der Waals surface area contributed by atoms with Gasteiger partial charge in [-0.2, -0.15) is 0 Å². The van der Waals surface area contributed by atoms with Gasteiger partial charge >= 0.3 is 0 Å². The number of nitrogens with zero attached hydrogens (tertiary/aromatic N) is 3. The Morgan fingerprint density at radius 1 is 1.10 bits per heavy atom. The van der Waals surface area contributed by atoms with E-state index in [1.807, 2.05) is 12.1 Å². The largest absolute Gasteiger partial charge is 0.310 e. The number of benzene rings is 2. The Kier molecular flexibility index (Phi) is 7.75. The summed E-state index contributed by atoms with van der Waals surface area (Å²) in [6.07, 6.45) is 3.29. The monoisotopic (exact) mass is 448 g/mol. The highest BCUT2D eigenvalue weighted by Crippen LogP contribution is 2.15. The van der Waals surface area contributed by atoms with Crippen molar-refractivity contribution in [2.75, 3.05) is 19.6 Å². The molecule has 31 heavy (non-hydrogen) atoms. The summed E-state index contributed by atoms with van der Waals surface area (Å²) < 4.78 is 28.9. The maximum absolute atomic E-state index is 13.7. The van der Waals surface area contributed by atoms with E-state index >= 15 is 0 Å². The summed E-state index contributed by atoms with van der Waals surface area (Å²) in [7, 11) is 0. The van der Waals surface area contributed by atoms with E-state index < -0.39 is 0 Å². The second-order valence-electron chi connectivity index (χ2n) is 7.96. The molecule has 0 amide bonds. The van der Waals surface area contributed by atoms with Gasteiger partial charge in [-0.25, -0.2) is 13.8 Å². The number of piperidine rings is 1. The summed E-state index contributed by atoms with van der Waals surface area (Å²) in [5.41, 5.74) is 2.55. The minimum absolute atomic E-state index is 0. The molecule has 0 spiro atoms. The molecule has 1 saturated heterocycles. The lowest BCUT2D eigenvalue weighted by atomic mass is 10.0. The van der Waals surface area contributed by atoms with Crippen molar-refractivity contribution >= 4 is 23.4 Å². The zero-order chi connectivity index (χ0) is 21.1. The smallest absolute Gasteiger partial charge is 0.269 e. The number of likely N-dealkylation sites (tertiary alicyclic amines) is 1. The molecular formula is C23H27ClF2N4O. The molecule has 2 heterocycles. The summed E-state index contributed by atoms with van der Waals surface area (Å²) in [5, 5.41) is 3.52. The van der Waals surface area contributed by atoms with E-state index in [2.05, 4.69) is 15.2 Å². The van der Waals surface area contributed by atoms with Gasteiger partial charge in [0.1, 0.15) is 11.6 Å². The molecule has 3 aromatic rings. The van der Waals surface area contributed by atoms with Crippen LogP contribution in [0.3, 0.4) is 0 Å². The van der Waals surface area contributed by atoms with Gasteiger partial charge in [0.05, 0.1) is 17.2 Å². The number of aromatic nitrogens is 2. The number of aryl methyl sites for hydroxylation is 1. The van der Waals surface area contributed by atoms with Crippen molar-refractivity contribution in [3.05, 3.63) is 75.7 Å². The van der Waals surface area contributed by atoms with Crippen LogP contribution in [0, 0.1) is 18.6 Å². The molecule has 0 radical (unpaired) electrons. The normalized spacial score (nSPS) is 15.2. The van der Waals surface area contributed by atoms with Crippen molar-refractivity contribution in [2.24, 2.45) is 0 Å². The number of rotatable bonds is 6. The predicted molar refractivity (Wildman–Crippen MR) is 121 cm³/mol. The van der Waals surface area contributed by atoms with Crippen LogP contribution in [0.5, 0.6) is 0 Å². The molecule has 2 aromatic carbocycles. The van der Waals surface area contributed by atoms with Crippen molar-refractivity contribution in [1.82, 2.24) is 19.8 Å². The first-order valence-electron chi connectivity index (χ1n) is 10.4. The Labute approximate surface area is 186 Å². The highest BCUT2D eigenvalue weighted by atomic mass is 35.5. The van der Waals surface area contributed by atoms with Crippen LogP contribution in [0.15, 0.2) is 47.4 Å². The number of fused-ring (bicyclic) bond motifs is 1. The van der Waals surface area contributed by atoms with Crippen LogP contribution in [-0.2, 0) is 13.1 Å². The Morgan fingerprint density at radius 2 is 1.87 bits per heavy atom. The Morgan fingerprint density at radius 3 is 2.61 bits per heavy atom. The van der Waals surface area contributed by atoms with Gasteiger partial charge in [0.2, 0.25) is 0 Å². The Bertz CT molecular complexity index is 1100. The molecule has 8 heteroatoms. The molecule has 166 valence electrons. The van der Waals surface area contributed by atoms with Crippen LogP contribution in [0.1, 0.15) is 24.0 Å². The maximum Gasteiger partial charge on any atom is 0.269 e. The first-order chi connectivity index (χ1) is 14.5. The first-order valence-corrected chi connectivity index (χ1v) is 10.4. The first kappa shape index (κ1) is 23.3. The topological polar surface area (TPSA) is 50.2 Å². The molecule has 1 aliphatic heterocycles. The van der Waals surface area contributed by atoms with E-state index in [1.54, 1.807) is 23.6 Å². The Hall–Kier alpha value is -2.35. The third-order valence-corrected chi connectivity index (χ3v) is 5.87. The van der Waals surface area contributed by atoms with E-state index in [9.17, 15) is 13.6 Å². The van der Waals surface area contributed by atoms with E-state index in [0.29, 0.717) is 35.7 Å². The third-order valence-electron chi connectivity index (χ3n) is 5.87. The van der Waals surface area contributed by atoms with Crippen molar-refractivity contribution in [2.45, 2.75) is 38.9 Å². The third kappa shape index (κ3) is 5.67. The highest BCUT2D eigenvalue weighted by Gasteiger charge is 2.19. The average Bonchev–Trinajstić information content (AvgIpc) is 2.74. The maximum atomic E-state index is 13.7. The molecule has 4 rings (SSSR count). The number of hydrogen-bond acceptors (Lipinski definition) is 4. The second kappa shape index (κ2) is 10.3. The molecule has 0 aliphatic carbocycles. The lowest BCUT2D eigenvalue weighted by Gasteiger charge is -2.32. The lowest BCUT2D eigenvalue weighted by molar-refractivity contribution is 0.191.